The summed E-state index contributed by atoms with van der Waals surface area (Å²) < 4.78 is 0. The summed E-state index contributed by atoms with van der Waals surface area (Å²) in [5, 5.41) is 15.3. The molecular weight excluding hydrogens is 452 g/mol. The molecule has 188 valence electrons. The number of carboxylic acid groups (broad SMARTS) is 2. The molecule has 35 heavy (non-hydrogen) atoms. The molecule has 3 aromatic carbocycles. The second kappa shape index (κ2) is 10.9. The van der Waals surface area contributed by atoms with Crippen LogP contribution >= 0.6 is 0 Å². The van der Waals surface area contributed by atoms with Crippen molar-refractivity contribution in [3.63, 3.8) is 0 Å². The first kappa shape index (κ1) is 28.5. The monoisotopic (exact) mass is 492 g/mol. The van der Waals surface area contributed by atoms with Gasteiger partial charge in [0.1, 0.15) is 0 Å². The number of carbonyl (C=O) groups is 1. The quantitative estimate of drug-likeness (QED) is 0.384. The van der Waals surface area contributed by atoms with Gasteiger partial charge in [0.05, 0.1) is 10.9 Å². The Morgan fingerprint density at radius 3 is 0.857 bits per heavy atom. The summed E-state index contributed by atoms with van der Waals surface area (Å²) in [5.74, 6) is 0. The maximum absolute atomic E-state index is 8.44. The Hall–Kier alpha value is -2.72. The minimum atomic E-state index is -2.08. The standard InChI is InChI=1S/C30H39S.CH2O3/c1-28(2,3)22-10-16-25(17-11-22)31(26-18-12-23(13-19-26)29(4,5)6)27-20-14-24(15-21-27)30(7,8)9;2-1(3)4/h10-21H,1-9H3;(H2,2,3,4)/q+1;/p-1. The predicted molar refractivity (Wildman–Crippen MR) is 146 cm³/mol. The van der Waals surface area contributed by atoms with E-state index in [2.05, 4.69) is 135 Å². The van der Waals surface area contributed by atoms with Crippen molar-refractivity contribution in [3.05, 3.63) is 89.5 Å². The third kappa shape index (κ3) is 8.17. The van der Waals surface area contributed by atoms with E-state index in [1.54, 1.807) is 0 Å². The van der Waals surface area contributed by atoms with E-state index < -0.39 is 6.16 Å². The van der Waals surface area contributed by atoms with Gasteiger partial charge in [-0.15, -0.1) is 0 Å². The van der Waals surface area contributed by atoms with Gasteiger partial charge in [0.2, 0.25) is 6.16 Å². The van der Waals surface area contributed by atoms with Gasteiger partial charge in [-0.25, -0.2) is 0 Å². The number of hydrogen-bond acceptors (Lipinski definition) is 2. The summed E-state index contributed by atoms with van der Waals surface area (Å²) >= 11 is 0. The van der Waals surface area contributed by atoms with Gasteiger partial charge in [-0.3, -0.25) is 0 Å². The van der Waals surface area contributed by atoms with Crippen LogP contribution in [0.25, 0.3) is 0 Å². The molecule has 0 aliphatic carbocycles. The maximum Gasteiger partial charge on any atom is 0.249 e. The number of rotatable bonds is 3. The normalized spacial score (nSPS) is 12.2. The zero-order valence-corrected chi connectivity index (χ0v) is 23.4. The third-order valence-electron chi connectivity index (χ3n) is 5.87. The first-order valence-corrected chi connectivity index (χ1v) is 13.2. The van der Waals surface area contributed by atoms with Gasteiger partial charge in [-0.2, -0.15) is 0 Å². The van der Waals surface area contributed by atoms with Crippen LogP contribution in [0, 0.1) is 0 Å². The lowest BCUT2D eigenvalue weighted by Crippen LogP contribution is -2.17. The Morgan fingerprint density at radius 1 is 0.543 bits per heavy atom. The van der Waals surface area contributed by atoms with Crippen LogP contribution in [0.3, 0.4) is 0 Å². The van der Waals surface area contributed by atoms with Crippen molar-refractivity contribution in [2.24, 2.45) is 0 Å². The zero-order chi connectivity index (χ0) is 26.6. The molecule has 0 bridgehead atoms. The zero-order valence-electron chi connectivity index (χ0n) is 22.6. The highest BCUT2D eigenvalue weighted by molar-refractivity contribution is 7.97. The number of hydrogen-bond donors (Lipinski definition) is 1. The van der Waals surface area contributed by atoms with Gasteiger partial charge in [0.15, 0.2) is 14.7 Å². The van der Waals surface area contributed by atoms with Crippen LogP contribution in [0.4, 0.5) is 4.79 Å². The predicted octanol–water partition coefficient (Wildman–Crippen LogP) is 7.56. The molecule has 0 saturated heterocycles. The van der Waals surface area contributed by atoms with Crippen LogP contribution in [0.15, 0.2) is 87.5 Å². The first-order valence-electron chi connectivity index (χ1n) is 12.0. The molecule has 0 aliphatic heterocycles. The lowest BCUT2D eigenvalue weighted by molar-refractivity contribution is -0.275. The van der Waals surface area contributed by atoms with E-state index in [-0.39, 0.29) is 27.1 Å². The van der Waals surface area contributed by atoms with E-state index in [1.807, 2.05) is 0 Å². The first-order chi connectivity index (χ1) is 16.0. The molecule has 1 N–H and O–H groups in total. The Kier molecular flexibility index (Phi) is 8.89. The largest absolute Gasteiger partial charge is 0.565 e. The van der Waals surface area contributed by atoms with Gasteiger partial charge in [-0.1, -0.05) is 98.7 Å². The Morgan fingerprint density at radius 2 is 0.714 bits per heavy atom. The topological polar surface area (TPSA) is 60.4 Å². The second-order valence-electron chi connectivity index (χ2n) is 11.9. The van der Waals surface area contributed by atoms with Gasteiger partial charge >= 0.3 is 0 Å². The molecule has 0 aliphatic rings. The molecule has 3 aromatic rings. The molecule has 0 saturated carbocycles. The van der Waals surface area contributed by atoms with Crippen LogP contribution in [-0.2, 0) is 27.1 Å². The van der Waals surface area contributed by atoms with E-state index in [1.165, 1.54) is 31.4 Å². The van der Waals surface area contributed by atoms with Crippen LogP contribution in [-0.4, -0.2) is 11.3 Å². The molecule has 0 fully saturated rings. The average Bonchev–Trinajstić information content (AvgIpc) is 2.73. The highest BCUT2D eigenvalue weighted by Gasteiger charge is 2.30. The molecule has 0 aromatic heterocycles. The molecule has 3 rings (SSSR count). The Balaban J connectivity index is 0.00000100. The third-order valence-corrected chi connectivity index (χ3v) is 8.10. The molecular formula is C31H40O3S. The molecule has 0 unspecified atom stereocenters. The van der Waals surface area contributed by atoms with E-state index in [0.29, 0.717) is 0 Å². The van der Waals surface area contributed by atoms with Gasteiger partial charge < -0.3 is 15.0 Å². The van der Waals surface area contributed by atoms with Crippen LogP contribution in [0.1, 0.15) is 79.0 Å². The fraction of sp³-hybridized carbons (Fsp3) is 0.387. The summed E-state index contributed by atoms with van der Waals surface area (Å²) in [5.41, 5.74) is 4.64. The molecule has 0 amide bonds. The fourth-order valence-corrected chi connectivity index (χ4v) is 5.72. The van der Waals surface area contributed by atoms with Gasteiger partial charge in [0, 0.05) is 0 Å². The lowest BCUT2D eigenvalue weighted by atomic mass is 9.87. The molecule has 0 radical (unpaired) electrons. The van der Waals surface area contributed by atoms with Gasteiger partial charge in [-0.05, 0) is 69.3 Å². The smallest absolute Gasteiger partial charge is 0.249 e. The van der Waals surface area contributed by atoms with Crippen molar-refractivity contribution in [1.82, 2.24) is 0 Å². The molecule has 4 heteroatoms. The molecule has 0 atom stereocenters. The lowest BCUT2D eigenvalue weighted by Gasteiger charge is -2.21. The van der Waals surface area contributed by atoms with Crippen molar-refractivity contribution in [2.75, 3.05) is 0 Å². The minimum Gasteiger partial charge on any atom is -0.565 e. The van der Waals surface area contributed by atoms with E-state index in [0.717, 1.165) is 0 Å². The van der Waals surface area contributed by atoms with Crippen LogP contribution < -0.4 is 5.11 Å². The van der Waals surface area contributed by atoms with Crippen LogP contribution in [0.2, 0.25) is 0 Å². The Labute approximate surface area is 214 Å². The Bertz CT molecular complexity index is 952. The van der Waals surface area contributed by atoms with Crippen molar-refractivity contribution >= 4 is 17.1 Å². The SMILES string of the molecule is CC(C)(C)c1ccc([S+](c2ccc(C(C)(C)C)cc2)c2ccc(C(C)(C)C)cc2)cc1.O=C([O-])O. The van der Waals surface area contributed by atoms with Crippen LogP contribution in [0.5, 0.6) is 0 Å². The summed E-state index contributed by atoms with van der Waals surface area (Å²) in [6, 6.07) is 27.8. The number of benzene rings is 3. The highest BCUT2D eigenvalue weighted by Crippen LogP contribution is 2.35. The van der Waals surface area contributed by atoms with Crippen molar-refractivity contribution in [2.45, 2.75) is 93.2 Å². The second-order valence-corrected chi connectivity index (χ2v) is 13.9. The molecule has 0 heterocycles. The van der Waals surface area contributed by atoms with Crippen molar-refractivity contribution < 1.29 is 15.0 Å². The minimum absolute atomic E-state index is 0.120. The fourth-order valence-electron chi connectivity index (χ4n) is 3.68. The summed E-state index contributed by atoms with van der Waals surface area (Å²) in [6.45, 7) is 20.5. The van der Waals surface area contributed by atoms with E-state index >= 15 is 0 Å². The average molecular weight is 493 g/mol. The van der Waals surface area contributed by atoms with E-state index in [4.69, 9.17) is 15.0 Å². The molecule has 0 spiro atoms. The maximum atomic E-state index is 8.44. The summed E-state index contributed by atoms with van der Waals surface area (Å²) in [7, 11) is -0.120. The van der Waals surface area contributed by atoms with Crippen molar-refractivity contribution in [1.29, 1.82) is 0 Å². The molecule has 3 nitrogen and oxygen atoms in total. The highest BCUT2D eigenvalue weighted by atomic mass is 32.2. The summed E-state index contributed by atoms with van der Waals surface area (Å²) in [4.78, 5) is 12.6. The van der Waals surface area contributed by atoms with E-state index in [9.17, 15) is 0 Å². The van der Waals surface area contributed by atoms with Gasteiger partial charge in [0.25, 0.3) is 0 Å². The summed E-state index contributed by atoms with van der Waals surface area (Å²) in [6.07, 6.45) is -2.08. The van der Waals surface area contributed by atoms with Crippen molar-refractivity contribution in [3.8, 4) is 0 Å².